The zero-order valence-electron chi connectivity index (χ0n) is 17.8. The van der Waals surface area contributed by atoms with Crippen molar-refractivity contribution in [3.05, 3.63) is 34.7 Å². The minimum absolute atomic E-state index is 0.00901. The standard InChI is InChI=1S/C24H30ClN3O3/c25-18-5-3-16(4-6-18)23(29)17-7-10-27(11-8-17)24(30)22-19-13-21(26-14-20(19)22)28-9-1-2-12-31-15-28/h3,5,13-14,17,19-20,22H,1-2,4,6-12,15H2. The number of Topliss-reactive ketones (excluding diaryl/α,β-unsaturated/α-hetero) is 1. The predicted octanol–water partition coefficient (Wildman–Crippen LogP) is 3.49. The molecule has 0 N–H and O–H groups in total. The van der Waals surface area contributed by atoms with Crippen molar-refractivity contribution in [3.8, 4) is 0 Å². The number of piperidine rings is 1. The molecule has 3 atom stereocenters. The van der Waals surface area contributed by atoms with Crippen molar-refractivity contribution in [2.75, 3.05) is 33.0 Å². The summed E-state index contributed by atoms with van der Waals surface area (Å²) in [5.41, 5.74) is 0.883. The Morgan fingerprint density at radius 2 is 1.90 bits per heavy atom. The highest BCUT2D eigenvalue weighted by molar-refractivity contribution is 6.29. The molecule has 2 saturated heterocycles. The number of carbonyl (C=O) groups is 2. The monoisotopic (exact) mass is 443 g/mol. The van der Waals surface area contributed by atoms with Gasteiger partial charge in [-0.25, -0.2) is 4.99 Å². The lowest BCUT2D eigenvalue weighted by Gasteiger charge is -2.32. The number of aliphatic imine (C=N–C) groups is 1. The first-order valence-corrected chi connectivity index (χ1v) is 12.0. The largest absolute Gasteiger partial charge is 0.361 e. The molecule has 3 aliphatic heterocycles. The molecule has 3 fully saturated rings. The van der Waals surface area contributed by atoms with Gasteiger partial charge in [0, 0.05) is 55.2 Å². The van der Waals surface area contributed by atoms with Gasteiger partial charge in [0.15, 0.2) is 5.78 Å². The first kappa shape index (κ1) is 21.0. The third-order valence-electron chi connectivity index (χ3n) is 7.27. The van der Waals surface area contributed by atoms with E-state index < -0.39 is 0 Å². The fourth-order valence-corrected chi connectivity index (χ4v) is 5.40. The van der Waals surface area contributed by atoms with E-state index in [4.69, 9.17) is 16.3 Å². The molecule has 31 heavy (non-hydrogen) atoms. The van der Waals surface area contributed by atoms with Crippen LogP contribution < -0.4 is 0 Å². The SMILES string of the molecule is O=C(C1=CC=C(Cl)CC1)C1CCN(C(=O)C2C3C=NC(N4CCCCOC4)=CC32)CC1. The number of amides is 1. The lowest BCUT2D eigenvalue weighted by molar-refractivity contribution is -0.136. The Kier molecular flexibility index (Phi) is 6.02. The predicted molar refractivity (Wildman–Crippen MR) is 119 cm³/mol. The van der Waals surface area contributed by atoms with E-state index in [-0.39, 0.29) is 35.4 Å². The second-order valence-electron chi connectivity index (χ2n) is 9.26. The van der Waals surface area contributed by atoms with Gasteiger partial charge in [0.25, 0.3) is 0 Å². The quantitative estimate of drug-likeness (QED) is 0.667. The van der Waals surface area contributed by atoms with Gasteiger partial charge in [0.05, 0.1) is 5.92 Å². The Bertz CT molecular complexity index is 861. The van der Waals surface area contributed by atoms with E-state index in [1.54, 1.807) is 0 Å². The van der Waals surface area contributed by atoms with E-state index in [1.165, 1.54) is 0 Å². The lowest BCUT2D eigenvalue weighted by Crippen LogP contribution is -2.41. The smallest absolute Gasteiger partial charge is 0.226 e. The second-order valence-corrected chi connectivity index (χ2v) is 9.75. The van der Waals surface area contributed by atoms with Gasteiger partial charge < -0.3 is 14.5 Å². The molecule has 0 bridgehead atoms. The van der Waals surface area contributed by atoms with Crippen LogP contribution in [0.2, 0.25) is 0 Å². The summed E-state index contributed by atoms with van der Waals surface area (Å²) in [5.74, 6) is 1.94. The average molecular weight is 444 g/mol. The maximum Gasteiger partial charge on any atom is 0.226 e. The molecule has 7 heteroatoms. The van der Waals surface area contributed by atoms with Crippen molar-refractivity contribution in [1.29, 1.82) is 0 Å². The molecule has 5 rings (SSSR count). The van der Waals surface area contributed by atoms with Gasteiger partial charge in [0.2, 0.25) is 5.91 Å². The first-order chi connectivity index (χ1) is 15.1. The summed E-state index contributed by atoms with van der Waals surface area (Å²) < 4.78 is 5.65. The number of ether oxygens (including phenoxy) is 1. The summed E-state index contributed by atoms with van der Waals surface area (Å²) in [6, 6.07) is 0. The van der Waals surface area contributed by atoms with E-state index in [0.717, 1.165) is 68.1 Å². The van der Waals surface area contributed by atoms with Crippen LogP contribution in [0.15, 0.2) is 39.6 Å². The summed E-state index contributed by atoms with van der Waals surface area (Å²) in [7, 11) is 0. The third kappa shape index (κ3) is 4.37. The number of fused-ring (bicyclic) bond motifs is 1. The van der Waals surface area contributed by atoms with Gasteiger partial charge in [0.1, 0.15) is 12.6 Å². The van der Waals surface area contributed by atoms with E-state index in [9.17, 15) is 9.59 Å². The van der Waals surface area contributed by atoms with Crippen molar-refractivity contribution < 1.29 is 14.3 Å². The number of halogens is 1. The summed E-state index contributed by atoms with van der Waals surface area (Å²) in [4.78, 5) is 34.8. The number of rotatable bonds is 4. The minimum atomic E-state index is 0.00901. The van der Waals surface area contributed by atoms with E-state index in [1.807, 2.05) is 23.3 Å². The molecule has 3 heterocycles. The zero-order chi connectivity index (χ0) is 21.4. The van der Waals surface area contributed by atoms with E-state index in [2.05, 4.69) is 16.0 Å². The molecular formula is C24H30ClN3O3. The fraction of sp³-hybridized carbons (Fsp3) is 0.625. The highest BCUT2D eigenvalue weighted by Crippen LogP contribution is 2.50. The van der Waals surface area contributed by atoms with Gasteiger partial charge in [-0.2, -0.15) is 0 Å². The Labute approximate surface area is 188 Å². The Balaban J connectivity index is 1.15. The minimum Gasteiger partial charge on any atom is -0.361 e. The molecular weight excluding hydrogens is 414 g/mol. The Morgan fingerprint density at radius 3 is 2.68 bits per heavy atom. The number of hydrogen-bond acceptors (Lipinski definition) is 5. The average Bonchev–Trinajstić information content (AvgIpc) is 3.57. The molecule has 0 aromatic heterocycles. The summed E-state index contributed by atoms with van der Waals surface area (Å²) in [6.07, 6.45) is 13.0. The summed E-state index contributed by atoms with van der Waals surface area (Å²) >= 11 is 6.01. The van der Waals surface area contributed by atoms with Gasteiger partial charge in [-0.15, -0.1) is 0 Å². The molecule has 1 amide bonds. The third-order valence-corrected chi connectivity index (χ3v) is 7.58. The van der Waals surface area contributed by atoms with Crippen LogP contribution in [0, 0.1) is 23.7 Å². The van der Waals surface area contributed by atoms with Gasteiger partial charge in [-0.1, -0.05) is 17.7 Å². The topological polar surface area (TPSA) is 62.2 Å². The van der Waals surface area contributed by atoms with Crippen molar-refractivity contribution in [3.63, 3.8) is 0 Å². The number of carbonyl (C=O) groups excluding carboxylic acids is 2. The van der Waals surface area contributed by atoms with Crippen LogP contribution >= 0.6 is 11.6 Å². The van der Waals surface area contributed by atoms with E-state index >= 15 is 0 Å². The van der Waals surface area contributed by atoms with Crippen molar-refractivity contribution >= 4 is 29.5 Å². The van der Waals surface area contributed by atoms with Crippen molar-refractivity contribution in [1.82, 2.24) is 9.80 Å². The van der Waals surface area contributed by atoms with Crippen LogP contribution in [-0.4, -0.2) is 60.7 Å². The molecule has 0 radical (unpaired) electrons. The van der Waals surface area contributed by atoms with Crippen LogP contribution in [0.4, 0.5) is 0 Å². The first-order valence-electron chi connectivity index (χ1n) is 11.6. The maximum absolute atomic E-state index is 13.2. The van der Waals surface area contributed by atoms with Gasteiger partial charge >= 0.3 is 0 Å². The number of ketones is 1. The normalized spacial score (nSPS) is 31.3. The van der Waals surface area contributed by atoms with Crippen LogP contribution in [0.3, 0.4) is 0 Å². The molecule has 0 aromatic rings. The summed E-state index contributed by atoms with van der Waals surface area (Å²) in [6.45, 7) is 3.69. The molecule has 0 aromatic carbocycles. The lowest BCUT2D eigenvalue weighted by atomic mass is 9.86. The highest BCUT2D eigenvalue weighted by atomic mass is 35.5. The molecule has 166 valence electrons. The highest BCUT2D eigenvalue weighted by Gasteiger charge is 2.55. The number of allylic oxidation sites excluding steroid dienone is 5. The molecule has 1 saturated carbocycles. The molecule has 3 unspecified atom stereocenters. The molecule has 6 nitrogen and oxygen atoms in total. The molecule has 5 aliphatic rings. The fourth-order valence-electron chi connectivity index (χ4n) is 5.24. The van der Waals surface area contributed by atoms with Crippen molar-refractivity contribution in [2.24, 2.45) is 28.7 Å². The number of likely N-dealkylation sites (tertiary alicyclic amines) is 1. The molecule has 0 spiro atoms. The summed E-state index contributed by atoms with van der Waals surface area (Å²) in [5, 5.41) is 0.812. The van der Waals surface area contributed by atoms with E-state index in [0.29, 0.717) is 19.8 Å². The Morgan fingerprint density at radius 1 is 1.06 bits per heavy atom. The number of nitrogens with zero attached hydrogens (tertiary/aromatic N) is 3. The molecule has 2 aliphatic carbocycles. The number of hydrogen-bond donors (Lipinski definition) is 0. The van der Waals surface area contributed by atoms with Crippen LogP contribution in [-0.2, 0) is 14.3 Å². The van der Waals surface area contributed by atoms with Gasteiger partial charge in [-0.3, -0.25) is 9.59 Å². The van der Waals surface area contributed by atoms with Crippen LogP contribution in [0.25, 0.3) is 0 Å². The van der Waals surface area contributed by atoms with Crippen molar-refractivity contribution in [2.45, 2.75) is 38.5 Å². The maximum atomic E-state index is 13.2. The van der Waals surface area contributed by atoms with Gasteiger partial charge in [-0.05, 0) is 56.3 Å². The van der Waals surface area contributed by atoms with Crippen LogP contribution in [0.5, 0.6) is 0 Å². The van der Waals surface area contributed by atoms with Crippen LogP contribution in [0.1, 0.15) is 38.5 Å². The zero-order valence-corrected chi connectivity index (χ0v) is 18.6. The Hall–Kier alpha value is -1.92. The second kappa shape index (κ2) is 8.91.